The number of aryl methyl sites for hydroxylation is 1. The number of carbonyl (C=O) groups excluding carboxylic acids is 3. The number of hydrogen-bond donors (Lipinski definition) is 1. The van der Waals surface area contributed by atoms with Gasteiger partial charge in [-0.3, -0.25) is 14.5 Å². The van der Waals surface area contributed by atoms with Crippen LogP contribution >= 0.6 is 0 Å². The molecule has 2 aliphatic heterocycles. The van der Waals surface area contributed by atoms with Crippen LogP contribution in [0.1, 0.15) is 40.0 Å². The van der Waals surface area contributed by atoms with Crippen molar-refractivity contribution in [1.82, 2.24) is 0 Å². The molecule has 0 aromatic heterocycles. The van der Waals surface area contributed by atoms with Crippen LogP contribution in [0.3, 0.4) is 0 Å². The second kappa shape index (κ2) is 9.22. The largest absolute Gasteiger partial charge is 0.507 e. The molecule has 1 atom stereocenters. The van der Waals surface area contributed by atoms with E-state index in [0.717, 1.165) is 5.56 Å². The van der Waals surface area contributed by atoms with Gasteiger partial charge in [-0.25, -0.2) is 4.79 Å². The van der Waals surface area contributed by atoms with Crippen LogP contribution in [0.15, 0.2) is 72.3 Å². The lowest BCUT2D eigenvalue weighted by atomic mass is 9.92. The van der Waals surface area contributed by atoms with E-state index in [0.29, 0.717) is 28.3 Å². The van der Waals surface area contributed by atoms with Crippen LogP contribution in [0.4, 0.5) is 5.69 Å². The number of anilines is 1. The molecule has 2 aliphatic rings. The fourth-order valence-electron chi connectivity index (χ4n) is 4.48. The summed E-state index contributed by atoms with van der Waals surface area (Å²) in [5.74, 6) is -1.56. The SMILES string of the molecule is CCOC(=O)c1cccc(N2C(=O)C(=O)/C(=C(/O)c3ccc4c(c3)OCO4)C2c2ccccc2C)c1. The molecule has 1 N–H and O–H groups in total. The molecule has 3 aromatic carbocycles. The van der Waals surface area contributed by atoms with E-state index in [2.05, 4.69) is 0 Å². The lowest BCUT2D eigenvalue weighted by molar-refractivity contribution is -0.132. The summed E-state index contributed by atoms with van der Waals surface area (Å²) in [7, 11) is 0. The van der Waals surface area contributed by atoms with Crippen molar-refractivity contribution in [2.75, 3.05) is 18.3 Å². The van der Waals surface area contributed by atoms with Crippen LogP contribution in [-0.4, -0.2) is 36.2 Å². The number of carbonyl (C=O) groups is 3. The normalized spacial score (nSPS) is 17.9. The van der Waals surface area contributed by atoms with Gasteiger partial charge in [0.15, 0.2) is 11.5 Å². The Morgan fingerprint density at radius 2 is 1.78 bits per heavy atom. The quantitative estimate of drug-likeness (QED) is 0.245. The third-order valence-corrected chi connectivity index (χ3v) is 6.21. The highest BCUT2D eigenvalue weighted by Crippen LogP contribution is 2.44. The molecule has 1 fully saturated rings. The van der Waals surface area contributed by atoms with E-state index < -0.39 is 23.7 Å². The minimum Gasteiger partial charge on any atom is -0.507 e. The predicted octanol–water partition coefficient (Wildman–Crippen LogP) is 4.53. The molecule has 182 valence electrons. The maximum absolute atomic E-state index is 13.4. The Labute approximate surface area is 207 Å². The summed E-state index contributed by atoms with van der Waals surface area (Å²) in [6, 6.07) is 17.6. The summed E-state index contributed by atoms with van der Waals surface area (Å²) in [4.78, 5) is 40.5. The van der Waals surface area contributed by atoms with Gasteiger partial charge in [-0.2, -0.15) is 0 Å². The van der Waals surface area contributed by atoms with E-state index in [9.17, 15) is 19.5 Å². The molecule has 0 bridgehead atoms. The number of benzene rings is 3. The number of nitrogens with zero attached hydrogens (tertiary/aromatic N) is 1. The van der Waals surface area contributed by atoms with Gasteiger partial charge >= 0.3 is 5.97 Å². The van der Waals surface area contributed by atoms with Crippen LogP contribution in [0, 0.1) is 6.92 Å². The third-order valence-electron chi connectivity index (χ3n) is 6.21. The molecule has 1 unspecified atom stereocenters. The van der Waals surface area contributed by atoms with Gasteiger partial charge in [-0.05, 0) is 61.4 Å². The van der Waals surface area contributed by atoms with E-state index in [1.165, 1.54) is 11.0 Å². The second-order valence-electron chi connectivity index (χ2n) is 8.36. The summed E-state index contributed by atoms with van der Waals surface area (Å²) >= 11 is 0. The number of Topliss-reactive ketones (excluding diaryl/α,β-unsaturated/α-hetero) is 1. The lowest BCUT2D eigenvalue weighted by Crippen LogP contribution is -2.30. The number of amides is 1. The van der Waals surface area contributed by atoms with Gasteiger partial charge in [0.25, 0.3) is 11.7 Å². The number of hydrogen-bond acceptors (Lipinski definition) is 7. The molecule has 0 radical (unpaired) electrons. The first-order chi connectivity index (χ1) is 17.4. The van der Waals surface area contributed by atoms with Gasteiger partial charge < -0.3 is 19.3 Å². The van der Waals surface area contributed by atoms with Gasteiger partial charge in [0.1, 0.15) is 5.76 Å². The van der Waals surface area contributed by atoms with Gasteiger partial charge in [0, 0.05) is 11.3 Å². The predicted molar refractivity (Wildman–Crippen MR) is 131 cm³/mol. The Hall–Kier alpha value is -4.59. The van der Waals surface area contributed by atoms with E-state index in [4.69, 9.17) is 14.2 Å². The summed E-state index contributed by atoms with van der Waals surface area (Å²) in [6.07, 6.45) is 0. The number of fused-ring (bicyclic) bond motifs is 1. The monoisotopic (exact) mass is 485 g/mol. The van der Waals surface area contributed by atoms with Gasteiger partial charge in [0.2, 0.25) is 6.79 Å². The van der Waals surface area contributed by atoms with Crippen molar-refractivity contribution < 1.29 is 33.7 Å². The average molecular weight is 485 g/mol. The van der Waals surface area contributed by atoms with Crippen molar-refractivity contribution in [3.63, 3.8) is 0 Å². The molecule has 2 heterocycles. The van der Waals surface area contributed by atoms with Gasteiger partial charge in [-0.15, -0.1) is 0 Å². The van der Waals surface area contributed by atoms with Crippen molar-refractivity contribution in [2.45, 2.75) is 19.9 Å². The maximum Gasteiger partial charge on any atom is 0.338 e. The Kier molecular flexibility index (Phi) is 5.93. The molecular weight excluding hydrogens is 462 g/mol. The zero-order valence-electron chi connectivity index (χ0n) is 19.7. The number of ether oxygens (including phenoxy) is 3. The Morgan fingerprint density at radius 3 is 2.56 bits per heavy atom. The molecule has 0 spiro atoms. The standard InChI is InChI=1S/C28H23NO7/c1-3-34-28(33)18-8-6-9-19(13-18)29-24(20-10-5-4-7-16(20)2)23(26(31)27(29)32)25(30)17-11-12-21-22(14-17)36-15-35-21/h4-14,24,30H,3,15H2,1-2H3/b25-23+. The summed E-state index contributed by atoms with van der Waals surface area (Å²) < 4.78 is 15.9. The fourth-order valence-corrected chi connectivity index (χ4v) is 4.48. The van der Waals surface area contributed by atoms with Crippen LogP contribution in [0.25, 0.3) is 5.76 Å². The Bertz CT molecular complexity index is 1420. The summed E-state index contributed by atoms with van der Waals surface area (Å²) in [6.45, 7) is 3.83. The molecule has 36 heavy (non-hydrogen) atoms. The molecule has 5 rings (SSSR count). The first-order valence-corrected chi connectivity index (χ1v) is 11.4. The molecule has 3 aromatic rings. The topological polar surface area (TPSA) is 102 Å². The van der Waals surface area contributed by atoms with Crippen LogP contribution in [-0.2, 0) is 14.3 Å². The number of rotatable bonds is 5. The Morgan fingerprint density at radius 1 is 1.00 bits per heavy atom. The molecule has 1 saturated heterocycles. The van der Waals surface area contributed by atoms with Crippen molar-refractivity contribution >= 4 is 29.1 Å². The summed E-state index contributed by atoms with van der Waals surface area (Å²) in [5, 5.41) is 11.3. The zero-order chi connectivity index (χ0) is 25.4. The van der Waals surface area contributed by atoms with Crippen LogP contribution in [0.2, 0.25) is 0 Å². The van der Waals surface area contributed by atoms with E-state index >= 15 is 0 Å². The first-order valence-electron chi connectivity index (χ1n) is 11.4. The molecular formula is C28H23NO7. The van der Waals surface area contributed by atoms with Gasteiger partial charge in [-0.1, -0.05) is 30.3 Å². The van der Waals surface area contributed by atoms with Crippen molar-refractivity contribution in [3.8, 4) is 11.5 Å². The smallest absolute Gasteiger partial charge is 0.338 e. The minimum absolute atomic E-state index is 0.0595. The second-order valence-corrected chi connectivity index (χ2v) is 8.36. The molecule has 8 nitrogen and oxygen atoms in total. The maximum atomic E-state index is 13.4. The van der Waals surface area contributed by atoms with Crippen molar-refractivity contribution in [3.05, 3.63) is 94.6 Å². The number of aliphatic hydroxyl groups is 1. The highest BCUT2D eigenvalue weighted by molar-refractivity contribution is 6.51. The summed E-state index contributed by atoms with van der Waals surface area (Å²) in [5.41, 5.74) is 2.33. The molecule has 8 heteroatoms. The third kappa shape index (κ3) is 3.86. The van der Waals surface area contributed by atoms with Crippen molar-refractivity contribution in [2.24, 2.45) is 0 Å². The van der Waals surface area contributed by atoms with E-state index in [1.54, 1.807) is 55.5 Å². The lowest BCUT2D eigenvalue weighted by Gasteiger charge is -2.27. The highest BCUT2D eigenvalue weighted by Gasteiger charge is 2.47. The van der Waals surface area contributed by atoms with Crippen LogP contribution < -0.4 is 14.4 Å². The van der Waals surface area contributed by atoms with Gasteiger partial charge in [0.05, 0.1) is 23.8 Å². The van der Waals surface area contributed by atoms with Crippen LogP contribution in [0.5, 0.6) is 11.5 Å². The molecule has 0 saturated carbocycles. The van der Waals surface area contributed by atoms with E-state index in [1.807, 2.05) is 19.1 Å². The molecule has 0 aliphatic carbocycles. The Balaban J connectivity index is 1.69. The first kappa shape index (κ1) is 23.2. The number of aliphatic hydroxyl groups excluding tert-OH is 1. The average Bonchev–Trinajstić information content (AvgIpc) is 3.46. The highest BCUT2D eigenvalue weighted by atomic mass is 16.7. The molecule has 1 amide bonds. The number of esters is 1. The number of ketones is 1. The van der Waals surface area contributed by atoms with Crippen molar-refractivity contribution in [1.29, 1.82) is 0 Å². The van der Waals surface area contributed by atoms with E-state index in [-0.39, 0.29) is 30.3 Å². The minimum atomic E-state index is -0.922. The fraction of sp³-hybridized carbons (Fsp3) is 0.179. The zero-order valence-corrected chi connectivity index (χ0v) is 19.7.